The van der Waals surface area contributed by atoms with E-state index in [1.165, 1.54) is 73.9 Å². The van der Waals surface area contributed by atoms with Gasteiger partial charge in [-0.1, -0.05) is 0 Å². The minimum Gasteiger partial charge on any atom is -1.00 e. The van der Waals surface area contributed by atoms with E-state index < -0.39 is 21.8 Å². The van der Waals surface area contributed by atoms with Crippen molar-refractivity contribution in [3.8, 4) is 0 Å². The first-order valence-electron chi connectivity index (χ1n) is 11.9. The van der Waals surface area contributed by atoms with Gasteiger partial charge in [0.25, 0.3) is 0 Å². The van der Waals surface area contributed by atoms with Gasteiger partial charge >= 0.3 is 0 Å². The molecule has 1 nitrogen and oxygen atoms in total. The Morgan fingerprint density at radius 2 is 0.600 bits per heavy atom. The average molecular weight is 546 g/mol. The molecule has 0 saturated carbocycles. The van der Waals surface area contributed by atoms with Crippen LogP contribution in [0.15, 0.2) is 0 Å². The van der Waals surface area contributed by atoms with Crippen LogP contribution < -0.4 is 37.2 Å². The van der Waals surface area contributed by atoms with Crippen molar-refractivity contribution in [2.24, 2.45) is 5.41 Å². The summed E-state index contributed by atoms with van der Waals surface area (Å²) in [5, 5.41) is 11.0. The SMILES string of the molecule is CC[P+](CC)(CC)CC(CO)(C[P+](CC)(CC)CC)C[P+](CC)(CC)CC.[Cl-].[Cl-].[Cl-]. The van der Waals surface area contributed by atoms with E-state index >= 15 is 0 Å². The van der Waals surface area contributed by atoms with Gasteiger partial charge in [-0.25, -0.2) is 0 Å². The van der Waals surface area contributed by atoms with Crippen LogP contribution in [0.25, 0.3) is 0 Å². The minimum absolute atomic E-state index is 0. The first kappa shape index (κ1) is 39.3. The normalized spacial score (nSPS) is 12.6. The summed E-state index contributed by atoms with van der Waals surface area (Å²) in [6.45, 7) is 22.4. The van der Waals surface area contributed by atoms with Crippen molar-refractivity contribution in [1.82, 2.24) is 0 Å². The zero-order valence-electron chi connectivity index (χ0n) is 21.6. The summed E-state index contributed by atoms with van der Waals surface area (Å²) in [6.07, 6.45) is 16.4. The average Bonchev–Trinajstić information content (AvgIpc) is 2.74. The summed E-state index contributed by atoms with van der Waals surface area (Å²) in [7, 11) is -2.81. The van der Waals surface area contributed by atoms with Crippen LogP contribution in [0.1, 0.15) is 62.3 Å². The second-order valence-corrected chi connectivity index (χ2v) is 23.7. The minimum atomic E-state index is -0.936. The molecule has 0 heterocycles. The molecule has 0 fully saturated rings. The van der Waals surface area contributed by atoms with Crippen LogP contribution >= 0.6 is 21.8 Å². The Kier molecular flexibility index (Phi) is 24.2. The van der Waals surface area contributed by atoms with E-state index in [4.69, 9.17) is 0 Å². The lowest BCUT2D eigenvalue weighted by Gasteiger charge is -2.42. The maximum atomic E-state index is 11.0. The highest BCUT2D eigenvalue weighted by Gasteiger charge is 2.54. The molecule has 0 atom stereocenters. The van der Waals surface area contributed by atoms with E-state index in [-0.39, 0.29) is 42.6 Å². The molecule has 0 radical (unpaired) electrons. The van der Waals surface area contributed by atoms with Gasteiger partial charge in [-0.15, -0.1) is 0 Å². The molecule has 0 aromatic rings. The van der Waals surface area contributed by atoms with Crippen molar-refractivity contribution in [2.75, 3.05) is 80.5 Å². The van der Waals surface area contributed by atoms with Crippen LogP contribution in [-0.2, 0) is 0 Å². The van der Waals surface area contributed by atoms with Gasteiger partial charge in [-0.05, 0) is 62.3 Å². The van der Waals surface area contributed by atoms with Crippen LogP contribution in [0.2, 0.25) is 0 Å². The van der Waals surface area contributed by atoms with Crippen molar-refractivity contribution in [3.63, 3.8) is 0 Å². The van der Waals surface area contributed by atoms with Gasteiger partial charge in [-0.2, -0.15) is 0 Å². The number of aliphatic hydroxyl groups excluding tert-OH is 1. The van der Waals surface area contributed by atoms with E-state index in [0.717, 1.165) is 0 Å². The quantitative estimate of drug-likeness (QED) is 0.227. The molecule has 0 unspecified atom stereocenters. The molecule has 7 heteroatoms. The molecular weight excluding hydrogens is 492 g/mol. The molecule has 0 aliphatic heterocycles. The lowest BCUT2D eigenvalue weighted by atomic mass is 9.97. The molecule has 0 aromatic heterocycles. The first-order valence-corrected chi connectivity index (χ1v) is 19.5. The van der Waals surface area contributed by atoms with Gasteiger partial charge in [0.1, 0.15) is 0 Å². The first-order chi connectivity index (χ1) is 12.7. The van der Waals surface area contributed by atoms with E-state index in [9.17, 15) is 5.11 Å². The second-order valence-electron chi connectivity index (χ2n) is 9.00. The topological polar surface area (TPSA) is 20.2 Å². The van der Waals surface area contributed by atoms with Crippen molar-refractivity contribution < 1.29 is 42.3 Å². The Bertz CT molecular complexity index is 319. The predicted octanol–water partition coefficient (Wildman–Crippen LogP) is -1.79. The summed E-state index contributed by atoms with van der Waals surface area (Å²) < 4.78 is 0. The number of hydrogen-bond acceptors (Lipinski definition) is 1. The van der Waals surface area contributed by atoms with E-state index in [2.05, 4.69) is 62.3 Å². The van der Waals surface area contributed by atoms with Crippen molar-refractivity contribution in [2.45, 2.75) is 62.3 Å². The van der Waals surface area contributed by atoms with Crippen molar-refractivity contribution >= 4 is 21.8 Å². The monoisotopic (exact) mass is 544 g/mol. The molecule has 0 rings (SSSR count). The third-order valence-corrected chi connectivity index (χ3v) is 24.5. The fraction of sp³-hybridized carbons (Fsp3) is 1.00. The molecule has 0 amide bonds. The number of halogens is 3. The van der Waals surface area contributed by atoms with Crippen LogP contribution in [0.5, 0.6) is 0 Å². The van der Waals surface area contributed by atoms with Crippen LogP contribution in [0, 0.1) is 5.41 Å². The molecule has 0 aliphatic rings. The van der Waals surface area contributed by atoms with E-state index in [1.54, 1.807) is 0 Å². The van der Waals surface area contributed by atoms with Gasteiger partial charge in [-0.3, -0.25) is 0 Å². The summed E-state index contributed by atoms with van der Waals surface area (Å²) in [6, 6.07) is 0. The fourth-order valence-electron chi connectivity index (χ4n) is 5.45. The predicted molar refractivity (Wildman–Crippen MR) is 140 cm³/mol. The molecule has 1 N–H and O–H groups in total. The largest absolute Gasteiger partial charge is 1.00 e. The number of rotatable bonds is 16. The second kappa shape index (κ2) is 18.4. The fourth-order valence-corrected chi connectivity index (χ4v) is 17.3. The Labute approximate surface area is 211 Å². The molecule has 188 valence electrons. The molecule has 0 aromatic carbocycles. The Morgan fingerprint density at radius 1 is 0.433 bits per heavy atom. The van der Waals surface area contributed by atoms with Crippen molar-refractivity contribution in [3.05, 3.63) is 0 Å². The third kappa shape index (κ3) is 10.2. The van der Waals surface area contributed by atoms with Gasteiger partial charge in [0.2, 0.25) is 0 Å². The number of hydrogen-bond donors (Lipinski definition) is 1. The zero-order chi connectivity index (χ0) is 21.2. The van der Waals surface area contributed by atoms with E-state index in [1.807, 2.05) is 0 Å². The van der Waals surface area contributed by atoms with E-state index in [0.29, 0.717) is 6.61 Å². The maximum absolute atomic E-state index is 11.0. The molecule has 0 spiro atoms. The third-order valence-electron chi connectivity index (χ3n) is 8.39. The summed E-state index contributed by atoms with van der Waals surface area (Å²) in [5.74, 6) is 0. The molecule has 0 bridgehead atoms. The summed E-state index contributed by atoms with van der Waals surface area (Å²) in [4.78, 5) is 0. The molecule has 0 aliphatic carbocycles. The van der Waals surface area contributed by atoms with Crippen LogP contribution in [-0.4, -0.2) is 85.7 Å². The Morgan fingerprint density at radius 3 is 0.700 bits per heavy atom. The Balaban J connectivity index is -0.00000113. The highest BCUT2D eigenvalue weighted by atomic mass is 35.5. The maximum Gasteiger partial charge on any atom is 0.0938 e. The van der Waals surface area contributed by atoms with Gasteiger partial charge in [0.05, 0.1) is 86.0 Å². The number of aliphatic hydroxyl groups is 1. The van der Waals surface area contributed by atoms with Gasteiger partial charge in [0, 0.05) is 21.8 Å². The lowest BCUT2D eigenvalue weighted by molar-refractivity contribution is -0.00100. The summed E-state index contributed by atoms with van der Waals surface area (Å²) >= 11 is 0. The van der Waals surface area contributed by atoms with Gasteiger partial charge < -0.3 is 42.3 Å². The molecule has 30 heavy (non-hydrogen) atoms. The Hall–Kier alpha value is 2.12. The molecular formula is C23H54Cl3OP3. The highest BCUT2D eigenvalue weighted by Crippen LogP contribution is 2.71. The lowest BCUT2D eigenvalue weighted by Crippen LogP contribution is -3.00. The standard InChI is InChI=1S/C23H54OP3.3ClH/c1-10-25(11-2,12-3)20-23(19-24,21-26(13-4,14-5)15-6)22-27(16-7,17-8)18-9;;;/h24H,10-22H2,1-9H3;3*1H/q+3;;;/p-3. The van der Waals surface area contributed by atoms with Crippen molar-refractivity contribution in [1.29, 1.82) is 0 Å². The summed E-state index contributed by atoms with van der Waals surface area (Å²) in [5.41, 5.74) is 0.210. The zero-order valence-corrected chi connectivity index (χ0v) is 26.6. The smallest absolute Gasteiger partial charge is 0.0938 e. The van der Waals surface area contributed by atoms with Crippen LogP contribution in [0.4, 0.5) is 0 Å². The van der Waals surface area contributed by atoms with Crippen LogP contribution in [0.3, 0.4) is 0 Å². The van der Waals surface area contributed by atoms with Gasteiger partial charge in [0.15, 0.2) is 0 Å². The highest BCUT2D eigenvalue weighted by molar-refractivity contribution is 7.78. The molecule has 0 saturated heterocycles.